The van der Waals surface area contributed by atoms with Crippen molar-refractivity contribution in [3.05, 3.63) is 46.7 Å². The Morgan fingerprint density at radius 2 is 1.57 bits per heavy atom. The summed E-state index contributed by atoms with van der Waals surface area (Å²) in [5, 5.41) is 11.5. The summed E-state index contributed by atoms with van der Waals surface area (Å²) in [6.07, 6.45) is 0. The molecule has 0 bridgehead atoms. The van der Waals surface area contributed by atoms with E-state index in [9.17, 15) is 19.5 Å². The number of aliphatic hydroxyl groups excluding tert-OH is 1. The van der Waals surface area contributed by atoms with E-state index in [0.717, 1.165) is 26.0 Å². The zero-order valence-electron chi connectivity index (χ0n) is 10.5. The third-order valence-electron chi connectivity index (χ3n) is 2.79. The molecular weight excluding hydrogens is 347 g/mol. The van der Waals surface area contributed by atoms with E-state index in [4.69, 9.17) is 0 Å². The Morgan fingerprint density at radius 1 is 0.952 bits per heavy atom. The number of thiophene rings is 3. The molecule has 3 rings (SSSR count). The molecule has 0 spiro atoms. The zero-order chi connectivity index (χ0) is 15.0. The van der Waals surface area contributed by atoms with Gasteiger partial charge in [0, 0.05) is 24.4 Å². The van der Waals surface area contributed by atoms with Crippen LogP contribution in [0.15, 0.2) is 41.8 Å². The fraction of sp³-hybridized carbons (Fsp3) is 0.0769. The van der Waals surface area contributed by atoms with E-state index in [1.165, 1.54) is 10.9 Å². The van der Waals surface area contributed by atoms with Crippen LogP contribution in [0.1, 0.15) is 10.7 Å². The van der Waals surface area contributed by atoms with Gasteiger partial charge in [-0.3, -0.25) is 0 Å². The van der Waals surface area contributed by atoms with Gasteiger partial charge in [0.05, 0.1) is 0 Å². The first-order valence-corrected chi connectivity index (χ1v) is 10.0. The Morgan fingerprint density at radius 3 is 2.19 bits per heavy atom. The molecule has 0 aliphatic rings. The Hall–Kier alpha value is -0.790. The molecule has 0 saturated carbocycles. The Kier molecular flexibility index (Phi) is 4.16. The van der Waals surface area contributed by atoms with Crippen LogP contribution in [0, 0.1) is 0 Å². The maximum Gasteiger partial charge on any atom is 0.115 e. The largest absolute Gasteiger partial charge is 0.809 e. The second-order valence-corrected chi connectivity index (χ2v) is 8.97. The third kappa shape index (κ3) is 3.19. The molecule has 0 saturated heterocycles. The Labute approximate surface area is 133 Å². The van der Waals surface area contributed by atoms with Crippen molar-refractivity contribution in [3.63, 3.8) is 0 Å². The normalized spacial score (nSPS) is 13.5. The summed E-state index contributed by atoms with van der Waals surface area (Å²) in [5.74, 6) is -1.96. The SMILES string of the molecule is O=P([O-])([O-])C(O)c1ccc(-c2ccc(-c3cccs3)s2)s1. The van der Waals surface area contributed by atoms with E-state index in [0.29, 0.717) is 0 Å². The van der Waals surface area contributed by atoms with E-state index < -0.39 is 13.4 Å². The summed E-state index contributed by atoms with van der Waals surface area (Å²) in [6, 6.07) is 11.2. The quantitative estimate of drug-likeness (QED) is 0.728. The van der Waals surface area contributed by atoms with Gasteiger partial charge in [-0.1, -0.05) is 6.07 Å². The van der Waals surface area contributed by atoms with Crippen molar-refractivity contribution in [1.82, 2.24) is 0 Å². The van der Waals surface area contributed by atoms with Gasteiger partial charge in [-0.15, -0.1) is 34.0 Å². The van der Waals surface area contributed by atoms with Crippen molar-refractivity contribution in [1.29, 1.82) is 0 Å². The number of rotatable bonds is 4. The van der Waals surface area contributed by atoms with Gasteiger partial charge >= 0.3 is 0 Å². The van der Waals surface area contributed by atoms with Crippen LogP contribution in [-0.4, -0.2) is 5.11 Å². The van der Waals surface area contributed by atoms with E-state index in [-0.39, 0.29) is 4.88 Å². The maximum absolute atomic E-state index is 10.9. The molecule has 8 heteroatoms. The van der Waals surface area contributed by atoms with E-state index in [1.54, 1.807) is 28.7 Å². The zero-order valence-corrected chi connectivity index (χ0v) is 13.8. The predicted octanol–water partition coefficient (Wildman–Crippen LogP) is 3.11. The van der Waals surface area contributed by atoms with E-state index >= 15 is 0 Å². The monoisotopic (exact) mass is 356 g/mol. The minimum atomic E-state index is -5.02. The number of hydrogen-bond donors (Lipinski definition) is 1. The molecule has 110 valence electrons. The van der Waals surface area contributed by atoms with Gasteiger partial charge in [-0.25, -0.2) is 0 Å². The Balaban J connectivity index is 1.89. The van der Waals surface area contributed by atoms with Gasteiger partial charge in [-0.05, 0) is 43.3 Å². The topological polar surface area (TPSA) is 83.4 Å². The first-order valence-electron chi connectivity index (χ1n) is 5.89. The van der Waals surface area contributed by atoms with Crippen molar-refractivity contribution in [2.45, 2.75) is 5.85 Å². The summed E-state index contributed by atoms with van der Waals surface area (Å²) in [5.41, 5.74) is 0. The van der Waals surface area contributed by atoms with Crippen LogP contribution >= 0.6 is 41.6 Å². The standard InChI is InChI=1S/C13H11O4PS3/c14-13(18(15,16)17)12-6-5-11(21-12)10-4-3-9(20-10)8-2-1-7-19-8/h1-7,13-14H,(H2,15,16,17)/p-2. The molecule has 3 aromatic rings. The molecule has 0 aromatic carbocycles. The summed E-state index contributed by atoms with van der Waals surface area (Å²) in [6.45, 7) is 0. The molecule has 1 atom stereocenters. The minimum Gasteiger partial charge on any atom is -0.809 e. The highest BCUT2D eigenvalue weighted by atomic mass is 32.1. The predicted molar refractivity (Wildman–Crippen MR) is 83.5 cm³/mol. The van der Waals surface area contributed by atoms with Crippen molar-refractivity contribution < 1.29 is 19.5 Å². The average molecular weight is 356 g/mol. The number of aliphatic hydroxyl groups is 1. The number of hydrogen-bond acceptors (Lipinski definition) is 7. The average Bonchev–Trinajstić information content (AvgIpc) is 3.16. The molecule has 3 heterocycles. The molecule has 1 unspecified atom stereocenters. The lowest BCUT2D eigenvalue weighted by atomic mass is 10.3. The minimum absolute atomic E-state index is 0.157. The molecule has 0 aliphatic heterocycles. The van der Waals surface area contributed by atoms with Crippen molar-refractivity contribution >= 4 is 41.6 Å². The molecular formula is C13H9O4PS3-2. The molecule has 0 radical (unpaired) electrons. The van der Waals surface area contributed by atoms with E-state index in [2.05, 4.69) is 0 Å². The van der Waals surface area contributed by atoms with Gasteiger partial charge in [0.1, 0.15) is 5.85 Å². The lowest BCUT2D eigenvalue weighted by Gasteiger charge is -2.33. The van der Waals surface area contributed by atoms with Gasteiger partial charge in [0.25, 0.3) is 0 Å². The van der Waals surface area contributed by atoms with Gasteiger partial charge in [0.15, 0.2) is 0 Å². The van der Waals surface area contributed by atoms with Crippen LogP contribution in [0.2, 0.25) is 0 Å². The van der Waals surface area contributed by atoms with Crippen LogP contribution in [0.4, 0.5) is 0 Å². The molecule has 4 nitrogen and oxygen atoms in total. The second-order valence-electron chi connectivity index (χ2n) is 4.26. The highest BCUT2D eigenvalue weighted by molar-refractivity contribution is 7.49. The molecule has 0 aliphatic carbocycles. The summed E-state index contributed by atoms with van der Waals surface area (Å²) < 4.78 is 10.9. The fourth-order valence-electron chi connectivity index (χ4n) is 1.80. The molecule has 3 aromatic heterocycles. The van der Waals surface area contributed by atoms with Crippen LogP contribution in [0.25, 0.3) is 19.5 Å². The fourth-order valence-corrected chi connectivity index (χ4v) is 5.56. The van der Waals surface area contributed by atoms with Gasteiger partial charge < -0.3 is 19.5 Å². The van der Waals surface area contributed by atoms with Crippen LogP contribution in [-0.2, 0) is 4.57 Å². The van der Waals surface area contributed by atoms with Crippen LogP contribution in [0.3, 0.4) is 0 Å². The first kappa shape index (κ1) is 15.1. The highest BCUT2D eigenvalue weighted by Gasteiger charge is 2.15. The van der Waals surface area contributed by atoms with Crippen LogP contribution in [0.5, 0.6) is 0 Å². The molecule has 0 amide bonds. The third-order valence-corrected chi connectivity index (χ3v) is 7.33. The summed E-state index contributed by atoms with van der Waals surface area (Å²) in [7, 11) is -5.02. The summed E-state index contributed by atoms with van der Waals surface area (Å²) in [4.78, 5) is 26.0. The lowest BCUT2D eigenvalue weighted by molar-refractivity contribution is -0.322. The Bertz CT molecular complexity index is 784. The van der Waals surface area contributed by atoms with Crippen LogP contribution < -0.4 is 9.79 Å². The van der Waals surface area contributed by atoms with Gasteiger partial charge in [0.2, 0.25) is 0 Å². The summed E-state index contributed by atoms with van der Waals surface area (Å²) >= 11 is 4.37. The first-order chi connectivity index (χ1) is 9.95. The lowest BCUT2D eigenvalue weighted by Crippen LogP contribution is -2.19. The maximum atomic E-state index is 10.9. The van der Waals surface area contributed by atoms with E-state index in [1.807, 2.05) is 29.6 Å². The molecule has 0 fully saturated rings. The second kappa shape index (κ2) is 5.78. The van der Waals surface area contributed by atoms with Crippen molar-refractivity contribution in [2.75, 3.05) is 0 Å². The molecule has 1 N–H and O–H groups in total. The smallest absolute Gasteiger partial charge is 0.115 e. The molecule has 21 heavy (non-hydrogen) atoms. The van der Waals surface area contributed by atoms with Gasteiger partial charge in [-0.2, -0.15) is 0 Å². The highest BCUT2D eigenvalue weighted by Crippen LogP contribution is 2.47. The van der Waals surface area contributed by atoms with Crippen molar-refractivity contribution in [2.24, 2.45) is 0 Å². The van der Waals surface area contributed by atoms with Crippen molar-refractivity contribution in [3.8, 4) is 19.5 Å².